The lowest BCUT2D eigenvalue weighted by atomic mass is 10.1. The van der Waals surface area contributed by atoms with Crippen LogP contribution >= 0.6 is 0 Å². The van der Waals surface area contributed by atoms with E-state index in [0.29, 0.717) is 6.54 Å². The summed E-state index contributed by atoms with van der Waals surface area (Å²) in [5, 5.41) is 0. The highest BCUT2D eigenvalue weighted by atomic mass is 16.5. The molecule has 1 heterocycles. The fourth-order valence-electron chi connectivity index (χ4n) is 1.94. The summed E-state index contributed by atoms with van der Waals surface area (Å²) in [5.41, 5.74) is 6.90. The van der Waals surface area contributed by atoms with E-state index in [1.54, 1.807) is 13.4 Å². The molecule has 1 atom stereocenters. The van der Waals surface area contributed by atoms with Crippen LogP contribution in [0.2, 0.25) is 0 Å². The van der Waals surface area contributed by atoms with Gasteiger partial charge in [0.05, 0.1) is 19.4 Å². The summed E-state index contributed by atoms with van der Waals surface area (Å²) < 4.78 is 10.6. The van der Waals surface area contributed by atoms with Gasteiger partial charge in [0, 0.05) is 19.3 Å². The first kappa shape index (κ1) is 12.5. The second-order valence-corrected chi connectivity index (χ2v) is 4.08. The number of anilines is 1. The van der Waals surface area contributed by atoms with E-state index < -0.39 is 0 Å². The van der Waals surface area contributed by atoms with Crippen LogP contribution in [0.3, 0.4) is 0 Å². The van der Waals surface area contributed by atoms with E-state index in [2.05, 4.69) is 4.90 Å². The Morgan fingerprint density at radius 1 is 1.28 bits per heavy atom. The average Bonchev–Trinajstić information content (AvgIpc) is 2.93. The zero-order valence-electron chi connectivity index (χ0n) is 10.7. The van der Waals surface area contributed by atoms with Crippen molar-refractivity contribution in [2.45, 2.75) is 6.04 Å². The van der Waals surface area contributed by atoms with E-state index >= 15 is 0 Å². The minimum absolute atomic E-state index is 0.0356. The number of nitrogens with zero attached hydrogens (tertiary/aromatic N) is 1. The zero-order chi connectivity index (χ0) is 13.0. The number of hydrogen-bond acceptors (Lipinski definition) is 4. The van der Waals surface area contributed by atoms with Crippen molar-refractivity contribution in [1.29, 1.82) is 0 Å². The molecule has 0 saturated carbocycles. The molecule has 0 fully saturated rings. The average molecular weight is 246 g/mol. The van der Waals surface area contributed by atoms with Gasteiger partial charge in [-0.15, -0.1) is 0 Å². The first-order valence-electron chi connectivity index (χ1n) is 5.86. The van der Waals surface area contributed by atoms with Crippen LogP contribution in [0.15, 0.2) is 47.1 Å². The molecule has 2 aromatic rings. The van der Waals surface area contributed by atoms with E-state index in [9.17, 15) is 0 Å². The van der Waals surface area contributed by atoms with Crippen molar-refractivity contribution in [2.24, 2.45) is 5.73 Å². The molecule has 2 rings (SSSR count). The van der Waals surface area contributed by atoms with Crippen LogP contribution < -0.4 is 15.4 Å². The van der Waals surface area contributed by atoms with E-state index in [-0.39, 0.29) is 6.04 Å². The summed E-state index contributed by atoms with van der Waals surface area (Å²) in [5.74, 6) is 1.71. The van der Waals surface area contributed by atoms with Crippen LogP contribution in [0.25, 0.3) is 0 Å². The lowest BCUT2D eigenvalue weighted by molar-refractivity contribution is 0.414. The molecule has 18 heavy (non-hydrogen) atoms. The number of hydrogen-bond donors (Lipinski definition) is 1. The zero-order valence-corrected chi connectivity index (χ0v) is 10.7. The number of likely N-dealkylation sites (N-methyl/N-ethyl adjacent to an activating group) is 1. The molecule has 0 bridgehead atoms. The Hall–Kier alpha value is -1.94. The number of benzene rings is 1. The molecule has 1 aromatic carbocycles. The molecule has 0 radical (unpaired) electrons. The van der Waals surface area contributed by atoms with Gasteiger partial charge in [0.15, 0.2) is 0 Å². The SMILES string of the molecule is COc1ccc(N(C)C(CN)c2ccco2)cc1. The van der Waals surface area contributed by atoms with Crippen LogP contribution in [0.1, 0.15) is 11.8 Å². The summed E-state index contributed by atoms with van der Waals surface area (Å²) >= 11 is 0. The summed E-state index contributed by atoms with van der Waals surface area (Å²) in [4.78, 5) is 2.10. The normalized spacial score (nSPS) is 12.2. The van der Waals surface area contributed by atoms with Gasteiger partial charge < -0.3 is 19.8 Å². The van der Waals surface area contributed by atoms with Crippen molar-refractivity contribution in [3.8, 4) is 5.75 Å². The quantitative estimate of drug-likeness (QED) is 0.880. The fourth-order valence-corrected chi connectivity index (χ4v) is 1.94. The first-order valence-corrected chi connectivity index (χ1v) is 5.86. The molecule has 0 aliphatic carbocycles. The van der Waals surface area contributed by atoms with Gasteiger partial charge in [0.1, 0.15) is 11.5 Å². The van der Waals surface area contributed by atoms with Crippen LogP contribution in [0, 0.1) is 0 Å². The van der Waals surface area contributed by atoms with E-state index in [1.165, 1.54) is 0 Å². The highest BCUT2D eigenvalue weighted by molar-refractivity contribution is 5.50. The van der Waals surface area contributed by atoms with Crippen LogP contribution in [-0.4, -0.2) is 20.7 Å². The molecule has 0 spiro atoms. The lowest BCUT2D eigenvalue weighted by Gasteiger charge is -2.27. The van der Waals surface area contributed by atoms with Gasteiger partial charge >= 0.3 is 0 Å². The van der Waals surface area contributed by atoms with E-state index in [1.807, 2.05) is 43.4 Å². The fraction of sp³-hybridized carbons (Fsp3) is 0.286. The molecule has 1 unspecified atom stereocenters. The maximum absolute atomic E-state index is 5.83. The second kappa shape index (κ2) is 5.60. The Morgan fingerprint density at radius 3 is 2.50 bits per heavy atom. The van der Waals surface area contributed by atoms with Crippen LogP contribution in [0.4, 0.5) is 5.69 Å². The van der Waals surface area contributed by atoms with Gasteiger partial charge in [-0.05, 0) is 36.4 Å². The standard InChI is InChI=1S/C14H18N2O2/c1-16(11-5-7-12(17-2)8-6-11)13(10-15)14-4-3-9-18-14/h3-9,13H,10,15H2,1-2H3. The predicted octanol–water partition coefficient (Wildman–Crippen LogP) is 2.42. The van der Waals surface area contributed by atoms with Crippen molar-refractivity contribution in [2.75, 3.05) is 25.6 Å². The summed E-state index contributed by atoms with van der Waals surface area (Å²) in [6, 6.07) is 11.7. The van der Waals surface area contributed by atoms with Crippen LogP contribution in [0.5, 0.6) is 5.75 Å². The van der Waals surface area contributed by atoms with Crippen molar-refractivity contribution < 1.29 is 9.15 Å². The van der Waals surface area contributed by atoms with Gasteiger partial charge in [-0.2, -0.15) is 0 Å². The van der Waals surface area contributed by atoms with Gasteiger partial charge in [-0.3, -0.25) is 0 Å². The third kappa shape index (κ3) is 2.49. The number of rotatable bonds is 5. The second-order valence-electron chi connectivity index (χ2n) is 4.08. The molecule has 0 aliphatic heterocycles. The molecule has 1 aromatic heterocycles. The van der Waals surface area contributed by atoms with Gasteiger partial charge in [0.2, 0.25) is 0 Å². The highest BCUT2D eigenvalue weighted by Crippen LogP contribution is 2.26. The largest absolute Gasteiger partial charge is 0.497 e. The molecule has 96 valence electrons. The third-order valence-corrected chi connectivity index (χ3v) is 3.04. The molecule has 4 nitrogen and oxygen atoms in total. The Balaban J connectivity index is 2.20. The minimum atomic E-state index is 0.0356. The molecular formula is C14H18N2O2. The smallest absolute Gasteiger partial charge is 0.127 e. The third-order valence-electron chi connectivity index (χ3n) is 3.04. The molecule has 0 aliphatic rings. The topological polar surface area (TPSA) is 51.6 Å². The van der Waals surface area contributed by atoms with Crippen molar-refractivity contribution in [3.05, 3.63) is 48.4 Å². The van der Waals surface area contributed by atoms with Crippen molar-refractivity contribution >= 4 is 5.69 Å². The number of ether oxygens (including phenoxy) is 1. The van der Waals surface area contributed by atoms with Crippen LogP contribution in [-0.2, 0) is 0 Å². The van der Waals surface area contributed by atoms with E-state index in [0.717, 1.165) is 17.2 Å². The molecular weight excluding hydrogens is 228 g/mol. The summed E-state index contributed by atoms with van der Waals surface area (Å²) in [7, 11) is 3.66. The molecule has 0 saturated heterocycles. The Morgan fingerprint density at radius 2 is 2.00 bits per heavy atom. The minimum Gasteiger partial charge on any atom is -0.497 e. The van der Waals surface area contributed by atoms with Crippen molar-refractivity contribution in [1.82, 2.24) is 0 Å². The van der Waals surface area contributed by atoms with Gasteiger partial charge in [-0.1, -0.05) is 0 Å². The summed E-state index contributed by atoms with van der Waals surface area (Å²) in [6.45, 7) is 0.496. The number of furan rings is 1. The predicted molar refractivity (Wildman–Crippen MR) is 71.9 cm³/mol. The Bertz CT molecular complexity index is 465. The van der Waals surface area contributed by atoms with Crippen molar-refractivity contribution in [3.63, 3.8) is 0 Å². The Labute approximate surface area is 107 Å². The molecule has 2 N–H and O–H groups in total. The highest BCUT2D eigenvalue weighted by Gasteiger charge is 2.18. The molecule has 0 amide bonds. The van der Waals surface area contributed by atoms with Gasteiger partial charge in [-0.25, -0.2) is 0 Å². The summed E-state index contributed by atoms with van der Waals surface area (Å²) in [6.07, 6.45) is 1.67. The number of nitrogens with two attached hydrogens (primary N) is 1. The monoisotopic (exact) mass is 246 g/mol. The first-order chi connectivity index (χ1) is 8.76. The molecule has 4 heteroatoms. The number of methoxy groups -OCH3 is 1. The maximum Gasteiger partial charge on any atom is 0.127 e. The Kier molecular flexibility index (Phi) is 3.89. The van der Waals surface area contributed by atoms with E-state index in [4.69, 9.17) is 14.9 Å². The lowest BCUT2D eigenvalue weighted by Crippen LogP contribution is -2.30. The maximum atomic E-state index is 5.83. The van der Waals surface area contributed by atoms with Gasteiger partial charge in [0.25, 0.3) is 0 Å².